The summed E-state index contributed by atoms with van der Waals surface area (Å²) in [4.78, 5) is 11.8. The number of rotatable bonds is 6. The van der Waals surface area contributed by atoms with Crippen molar-refractivity contribution in [2.75, 3.05) is 11.2 Å². The zero-order chi connectivity index (χ0) is 15.3. The SMILES string of the molecule is CC(C)NS(=O)(=O)c1ccc(NC(=O)C(C)CCl)cc1. The van der Waals surface area contributed by atoms with Crippen LogP contribution in [-0.4, -0.2) is 26.2 Å². The quantitative estimate of drug-likeness (QED) is 0.789. The van der Waals surface area contributed by atoms with Gasteiger partial charge in [0.05, 0.1) is 4.90 Å². The van der Waals surface area contributed by atoms with Crippen LogP contribution in [0.3, 0.4) is 0 Å². The van der Waals surface area contributed by atoms with Gasteiger partial charge in [0.2, 0.25) is 15.9 Å². The zero-order valence-electron chi connectivity index (χ0n) is 11.7. The molecule has 0 radical (unpaired) electrons. The third-order valence-electron chi connectivity index (χ3n) is 2.50. The highest BCUT2D eigenvalue weighted by atomic mass is 35.5. The third-order valence-corrected chi connectivity index (χ3v) is 4.64. The molecule has 1 unspecified atom stereocenters. The monoisotopic (exact) mass is 318 g/mol. The molecule has 0 fully saturated rings. The predicted octanol–water partition coefficient (Wildman–Crippen LogP) is 2.19. The van der Waals surface area contributed by atoms with E-state index in [9.17, 15) is 13.2 Å². The van der Waals surface area contributed by atoms with Crippen LogP contribution in [-0.2, 0) is 14.8 Å². The molecule has 20 heavy (non-hydrogen) atoms. The van der Waals surface area contributed by atoms with Gasteiger partial charge in [-0.3, -0.25) is 4.79 Å². The normalized spacial score (nSPS) is 13.2. The highest BCUT2D eigenvalue weighted by Crippen LogP contribution is 2.15. The van der Waals surface area contributed by atoms with E-state index in [1.54, 1.807) is 32.9 Å². The molecule has 1 amide bonds. The molecule has 0 saturated carbocycles. The molecule has 0 aliphatic rings. The number of benzene rings is 1. The lowest BCUT2D eigenvalue weighted by molar-refractivity contribution is -0.118. The van der Waals surface area contributed by atoms with Gasteiger partial charge in [-0.05, 0) is 38.1 Å². The van der Waals surface area contributed by atoms with Crippen LogP contribution in [0.25, 0.3) is 0 Å². The summed E-state index contributed by atoms with van der Waals surface area (Å²) in [5, 5.41) is 2.67. The van der Waals surface area contributed by atoms with Crippen LogP contribution in [0.15, 0.2) is 29.2 Å². The average Bonchev–Trinajstić information content (AvgIpc) is 2.36. The summed E-state index contributed by atoms with van der Waals surface area (Å²) in [6.45, 7) is 5.22. The first-order valence-electron chi connectivity index (χ1n) is 6.25. The first-order valence-corrected chi connectivity index (χ1v) is 8.27. The predicted molar refractivity (Wildman–Crippen MR) is 80.4 cm³/mol. The van der Waals surface area contributed by atoms with E-state index in [0.717, 1.165) is 0 Å². The highest BCUT2D eigenvalue weighted by molar-refractivity contribution is 7.89. The molecular formula is C13H19ClN2O3S. The van der Waals surface area contributed by atoms with Crippen molar-refractivity contribution in [1.82, 2.24) is 4.72 Å². The maximum Gasteiger partial charge on any atom is 0.240 e. The summed E-state index contributed by atoms with van der Waals surface area (Å²) in [6, 6.07) is 5.82. The molecule has 5 nitrogen and oxygen atoms in total. The third kappa shape index (κ3) is 4.77. The summed E-state index contributed by atoms with van der Waals surface area (Å²) in [6.07, 6.45) is 0. The van der Waals surface area contributed by atoms with Gasteiger partial charge in [0.1, 0.15) is 0 Å². The summed E-state index contributed by atoms with van der Waals surface area (Å²) in [5.41, 5.74) is 0.537. The Kier molecular flexibility index (Phi) is 5.98. The molecule has 2 N–H and O–H groups in total. The number of nitrogens with one attached hydrogen (secondary N) is 2. The Morgan fingerprint density at radius 2 is 1.75 bits per heavy atom. The maximum atomic E-state index is 11.9. The van der Waals surface area contributed by atoms with Crippen LogP contribution in [0.5, 0.6) is 0 Å². The van der Waals surface area contributed by atoms with E-state index in [-0.39, 0.29) is 28.6 Å². The van der Waals surface area contributed by atoms with Gasteiger partial charge in [0, 0.05) is 23.5 Å². The highest BCUT2D eigenvalue weighted by Gasteiger charge is 2.16. The molecule has 1 rings (SSSR count). The fraction of sp³-hybridized carbons (Fsp3) is 0.462. The smallest absolute Gasteiger partial charge is 0.240 e. The molecule has 0 heterocycles. The largest absolute Gasteiger partial charge is 0.326 e. The lowest BCUT2D eigenvalue weighted by Gasteiger charge is -2.11. The Balaban J connectivity index is 2.82. The topological polar surface area (TPSA) is 75.3 Å². The van der Waals surface area contributed by atoms with E-state index in [1.807, 2.05) is 0 Å². The van der Waals surface area contributed by atoms with Gasteiger partial charge >= 0.3 is 0 Å². The Morgan fingerprint density at radius 1 is 1.20 bits per heavy atom. The molecule has 0 aliphatic carbocycles. The van der Waals surface area contributed by atoms with Crippen LogP contribution in [0, 0.1) is 5.92 Å². The van der Waals surface area contributed by atoms with Crippen molar-refractivity contribution >= 4 is 33.2 Å². The molecule has 0 aromatic heterocycles. The number of hydrogen-bond acceptors (Lipinski definition) is 3. The van der Waals surface area contributed by atoms with E-state index >= 15 is 0 Å². The summed E-state index contributed by atoms with van der Waals surface area (Å²) in [5.74, 6) is -0.269. The number of anilines is 1. The van der Waals surface area contributed by atoms with E-state index in [0.29, 0.717) is 5.69 Å². The second-order valence-corrected chi connectivity index (χ2v) is 6.87. The number of alkyl halides is 1. The number of amides is 1. The van der Waals surface area contributed by atoms with Crippen molar-refractivity contribution in [2.24, 2.45) is 5.92 Å². The minimum atomic E-state index is -3.51. The number of hydrogen-bond donors (Lipinski definition) is 2. The maximum absolute atomic E-state index is 11.9. The van der Waals surface area contributed by atoms with Crippen LogP contribution < -0.4 is 10.0 Å². The Bertz CT molecular complexity index is 555. The van der Waals surface area contributed by atoms with E-state index in [4.69, 9.17) is 11.6 Å². The first-order chi connectivity index (χ1) is 9.26. The van der Waals surface area contributed by atoms with Crippen LogP contribution in [0.4, 0.5) is 5.69 Å². The molecule has 1 atom stereocenters. The van der Waals surface area contributed by atoms with E-state index < -0.39 is 10.0 Å². The van der Waals surface area contributed by atoms with Crippen molar-refractivity contribution in [3.8, 4) is 0 Å². The molecular weight excluding hydrogens is 300 g/mol. The zero-order valence-corrected chi connectivity index (χ0v) is 13.3. The molecule has 1 aromatic rings. The first kappa shape index (κ1) is 16.9. The summed E-state index contributed by atoms with van der Waals surface area (Å²) >= 11 is 5.60. The van der Waals surface area contributed by atoms with Gasteiger partial charge in [0.15, 0.2) is 0 Å². The molecule has 7 heteroatoms. The minimum absolute atomic E-state index is 0.162. The second-order valence-electron chi connectivity index (χ2n) is 4.84. The minimum Gasteiger partial charge on any atom is -0.326 e. The molecule has 1 aromatic carbocycles. The number of halogens is 1. The number of sulfonamides is 1. The average molecular weight is 319 g/mol. The second kappa shape index (κ2) is 7.06. The molecule has 0 aliphatic heterocycles. The van der Waals surface area contributed by atoms with Crippen LogP contribution in [0.1, 0.15) is 20.8 Å². The lowest BCUT2D eigenvalue weighted by Crippen LogP contribution is -2.30. The van der Waals surface area contributed by atoms with Gasteiger partial charge < -0.3 is 5.32 Å². The van der Waals surface area contributed by atoms with Crippen molar-refractivity contribution in [1.29, 1.82) is 0 Å². The Hall–Kier alpha value is -1.11. The summed E-state index contributed by atoms with van der Waals surface area (Å²) in [7, 11) is -3.51. The Morgan fingerprint density at radius 3 is 2.20 bits per heavy atom. The molecule has 0 spiro atoms. The summed E-state index contributed by atoms with van der Waals surface area (Å²) < 4.78 is 26.3. The lowest BCUT2D eigenvalue weighted by atomic mass is 10.2. The fourth-order valence-electron chi connectivity index (χ4n) is 1.43. The van der Waals surface area contributed by atoms with Crippen LogP contribution in [0.2, 0.25) is 0 Å². The van der Waals surface area contributed by atoms with Gasteiger partial charge in [-0.2, -0.15) is 0 Å². The van der Waals surface area contributed by atoms with Crippen molar-refractivity contribution in [3.63, 3.8) is 0 Å². The fourth-order valence-corrected chi connectivity index (χ4v) is 2.82. The molecule has 112 valence electrons. The Labute approximate surface area is 124 Å². The standard InChI is InChI=1S/C13H19ClN2O3S/c1-9(2)16-20(18,19)12-6-4-11(5-7-12)15-13(17)10(3)8-14/h4-7,9-10,16H,8H2,1-3H3,(H,15,17). The van der Waals surface area contributed by atoms with Gasteiger partial charge in [-0.15, -0.1) is 11.6 Å². The number of carbonyl (C=O) groups is 1. The van der Waals surface area contributed by atoms with Gasteiger partial charge in [-0.25, -0.2) is 13.1 Å². The van der Waals surface area contributed by atoms with Gasteiger partial charge in [0.25, 0.3) is 0 Å². The van der Waals surface area contributed by atoms with Crippen LogP contribution >= 0.6 is 11.6 Å². The van der Waals surface area contributed by atoms with Crippen molar-refractivity contribution < 1.29 is 13.2 Å². The van der Waals surface area contributed by atoms with Crippen molar-refractivity contribution in [3.05, 3.63) is 24.3 Å². The van der Waals surface area contributed by atoms with Crippen molar-refractivity contribution in [2.45, 2.75) is 31.7 Å². The molecule has 0 bridgehead atoms. The molecule has 0 saturated heterocycles. The van der Waals surface area contributed by atoms with E-state index in [1.165, 1.54) is 12.1 Å². The van der Waals surface area contributed by atoms with Gasteiger partial charge in [-0.1, -0.05) is 6.92 Å². The van der Waals surface area contributed by atoms with E-state index in [2.05, 4.69) is 10.0 Å². The number of carbonyl (C=O) groups excluding carboxylic acids is 1.